The van der Waals surface area contributed by atoms with E-state index in [1.165, 1.54) is 4.90 Å². The first-order valence-electron chi connectivity index (χ1n) is 6.96. The first kappa shape index (κ1) is 14.8. The lowest BCUT2D eigenvalue weighted by Gasteiger charge is -2.37. The van der Waals surface area contributed by atoms with Gasteiger partial charge in [0.1, 0.15) is 0 Å². The van der Waals surface area contributed by atoms with Crippen molar-refractivity contribution in [3.05, 3.63) is 0 Å². The van der Waals surface area contributed by atoms with E-state index in [0.717, 1.165) is 25.9 Å². The van der Waals surface area contributed by atoms with Crippen LogP contribution < -0.4 is 5.32 Å². The highest BCUT2D eigenvalue weighted by Crippen LogP contribution is 2.26. The van der Waals surface area contributed by atoms with Gasteiger partial charge in [0.25, 0.3) is 0 Å². The van der Waals surface area contributed by atoms with E-state index in [-0.39, 0.29) is 24.8 Å². The summed E-state index contributed by atoms with van der Waals surface area (Å²) in [5, 5.41) is 21.4. The fourth-order valence-corrected chi connectivity index (χ4v) is 3.03. The lowest BCUT2D eigenvalue weighted by atomic mass is 9.84. The van der Waals surface area contributed by atoms with Crippen LogP contribution in [0.25, 0.3) is 0 Å². The summed E-state index contributed by atoms with van der Waals surface area (Å²) in [4.78, 5) is 36.2. The largest absolute Gasteiger partial charge is 0.481 e. The van der Waals surface area contributed by atoms with Gasteiger partial charge in [-0.05, 0) is 32.4 Å². The maximum atomic E-state index is 12.4. The summed E-state index contributed by atoms with van der Waals surface area (Å²) < 4.78 is 0. The normalized spacial score (nSPS) is 28.1. The number of aliphatic carboxylic acids is 2. The molecule has 0 bridgehead atoms. The van der Waals surface area contributed by atoms with Gasteiger partial charge < -0.3 is 20.4 Å². The van der Waals surface area contributed by atoms with Gasteiger partial charge in [-0.25, -0.2) is 0 Å². The SMILES string of the molecule is O=C(O)C1CCN(C(=O)C2CCNCC2)CC1C(=O)O. The molecule has 2 atom stereocenters. The van der Waals surface area contributed by atoms with Gasteiger partial charge in [-0.15, -0.1) is 0 Å². The molecule has 2 heterocycles. The number of carbonyl (C=O) groups is 3. The average molecular weight is 284 g/mol. The van der Waals surface area contributed by atoms with Gasteiger partial charge in [-0.3, -0.25) is 14.4 Å². The summed E-state index contributed by atoms with van der Waals surface area (Å²) in [6.07, 6.45) is 1.73. The van der Waals surface area contributed by atoms with Crippen LogP contribution in [0, 0.1) is 17.8 Å². The lowest BCUT2D eigenvalue weighted by Crippen LogP contribution is -2.51. The fraction of sp³-hybridized carbons (Fsp3) is 0.769. The Bertz CT molecular complexity index is 406. The number of carbonyl (C=O) groups excluding carboxylic acids is 1. The number of nitrogens with zero attached hydrogens (tertiary/aromatic N) is 1. The van der Waals surface area contributed by atoms with Gasteiger partial charge in [-0.2, -0.15) is 0 Å². The van der Waals surface area contributed by atoms with Gasteiger partial charge in [0, 0.05) is 19.0 Å². The minimum atomic E-state index is -1.14. The molecule has 7 heteroatoms. The second kappa shape index (κ2) is 6.21. The number of amides is 1. The van der Waals surface area contributed by atoms with E-state index in [1.807, 2.05) is 0 Å². The standard InChI is InChI=1S/C13H20N2O5/c16-11(8-1-4-14-5-2-8)15-6-3-9(12(17)18)10(7-15)13(19)20/h8-10,14H,1-7H2,(H,17,18)(H,19,20). The van der Waals surface area contributed by atoms with Crippen molar-refractivity contribution in [2.24, 2.45) is 17.8 Å². The summed E-state index contributed by atoms with van der Waals surface area (Å²) in [7, 11) is 0. The van der Waals surface area contributed by atoms with Crippen molar-refractivity contribution in [1.29, 1.82) is 0 Å². The number of likely N-dealkylation sites (tertiary alicyclic amines) is 1. The first-order chi connectivity index (χ1) is 9.50. The molecule has 0 saturated carbocycles. The monoisotopic (exact) mass is 284 g/mol. The van der Waals surface area contributed by atoms with Crippen molar-refractivity contribution in [1.82, 2.24) is 10.2 Å². The van der Waals surface area contributed by atoms with Crippen molar-refractivity contribution in [2.75, 3.05) is 26.2 Å². The number of hydrogen-bond acceptors (Lipinski definition) is 4. The molecule has 0 aromatic heterocycles. The topological polar surface area (TPSA) is 107 Å². The van der Waals surface area contributed by atoms with Crippen LogP contribution in [-0.2, 0) is 14.4 Å². The zero-order chi connectivity index (χ0) is 14.7. The van der Waals surface area contributed by atoms with Crippen LogP contribution in [0.15, 0.2) is 0 Å². The maximum absolute atomic E-state index is 12.4. The molecular weight excluding hydrogens is 264 g/mol. The molecule has 112 valence electrons. The number of hydrogen-bond donors (Lipinski definition) is 3. The molecule has 2 unspecified atom stereocenters. The zero-order valence-electron chi connectivity index (χ0n) is 11.2. The Labute approximate surface area is 116 Å². The summed E-state index contributed by atoms with van der Waals surface area (Å²) in [5.41, 5.74) is 0. The average Bonchev–Trinajstić information content (AvgIpc) is 2.46. The first-order valence-corrected chi connectivity index (χ1v) is 6.96. The second-order valence-electron chi connectivity index (χ2n) is 5.49. The Morgan fingerprint density at radius 1 is 0.950 bits per heavy atom. The van der Waals surface area contributed by atoms with Crippen LogP contribution in [0.2, 0.25) is 0 Å². The Hall–Kier alpha value is -1.63. The van der Waals surface area contributed by atoms with Gasteiger partial charge in [-0.1, -0.05) is 0 Å². The Morgan fingerprint density at radius 2 is 1.55 bits per heavy atom. The van der Waals surface area contributed by atoms with Crippen LogP contribution in [0.1, 0.15) is 19.3 Å². The van der Waals surface area contributed by atoms with E-state index < -0.39 is 23.8 Å². The molecular formula is C13H20N2O5. The number of piperidine rings is 2. The highest BCUT2D eigenvalue weighted by Gasteiger charge is 2.41. The highest BCUT2D eigenvalue weighted by molar-refractivity contribution is 5.83. The molecule has 0 spiro atoms. The van der Waals surface area contributed by atoms with Crippen LogP contribution in [0.5, 0.6) is 0 Å². The Kier molecular flexibility index (Phi) is 4.59. The van der Waals surface area contributed by atoms with Gasteiger partial charge in [0.05, 0.1) is 11.8 Å². The molecule has 2 saturated heterocycles. The van der Waals surface area contributed by atoms with Gasteiger partial charge in [0.15, 0.2) is 0 Å². The summed E-state index contributed by atoms with van der Waals surface area (Å²) in [5.74, 6) is -4.23. The van der Waals surface area contributed by atoms with Gasteiger partial charge in [0.2, 0.25) is 5.91 Å². The quantitative estimate of drug-likeness (QED) is 0.652. The number of rotatable bonds is 3. The lowest BCUT2D eigenvalue weighted by molar-refractivity contribution is -0.160. The molecule has 20 heavy (non-hydrogen) atoms. The van der Waals surface area contributed by atoms with Crippen molar-refractivity contribution in [3.63, 3.8) is 0 Å². The molecule has 2 aliphatic heterocycles. The zero-order valence-corrected chi connectivity index (χ0v) is 11.2. The molecule has 3 N–H and O–H groups in total. The minimum Gasteiger partial charge on any atom is -0.481 e. The molecule has 2 fully saturated rings. The number of nitrogens with one attached hydrogen (secondary N) is 1. The van der Waals surface area contributed by atoms with Crippen molar-refractivity contribution in [3.8, 4) is 0 Å². The van der Waals surface area contributed by atoms with E-state index >= 15 is 0 Å². The van der Waals surface area contributed by atoms with Gasteiger partial charge >= 0.3 is 11.9 Å². The van der Waals surface area contributed by atoms with E-state index in [9.17, 15) is 14.4 Å². The Morgan fingerprint density at radius 3 is 2.10 bits per heavy atom. The van der Waals surface area contributed by atoms with Crippen molar-refractivity contribution in [2.45, 2.75) is 19.3 Å². The van der Waals surface area contributed by atoms with E-state index in [0.29, 0.717) is 6.54 Å². The predicted octanol–water partition coefficient (Wildman–Crippen LogP) is -0.380. The maximum Gasteiger partial charge on any atom is 0.309 e. The molecule has 0 aromatic rings. The summed E-state index contributed by atoms with van der Waals surface area (Å²) in [6, 6.07) is 0. The number of carboxylic acid groups (broad SMARTS) is 2. The third kappa shape index (κ3) is 3.09. The van der Waals surface area contributed by atoms with Crippen LogP contribution in [0.4, 0.5) is 0 Å². The van der Waals surface area contributed by atoms with Crippen LogP contribution in [0.3, 0.4) is 0 Å². The Balaban J connectivity index is 2.02. The molecule has 0 aliphatic carbocycles. The molecule has 2 rings (SSSR count). The third-order valence-corrected chi connectivity index (χ3v) is 4.25. The third-order valence-electron chi connectivity index (χ3n) is 4.25. The summed E-state index contributed by atoms with van der Waals surface area (Å²) in [6.45, 7) is 1.94. The molecule has 1 amide bonds. The molecule has 7 nitrogen and oxygen atoms in total. The molecule has 2 aliphatic rings. The van der Waals surface area contributed by atoms with Crippen LogP contribution in [-0.4, -0.2) is 59.1 Å². The van der Waals surface area contributed by atoms with Crippen molar-refractivity contribution >= 4 is 17.8 Å². The van der Waals surface area contributed by atoms with E-state index in [2.05, 4.69) is 5.32 Å². The fourth-order valence-electron chi connectivity index (χ4n) is 3.03. The second-order valence-corrected chi connectivity index (χ2v) is 5.49. The minimum absolute atomic E-state index is 0.00899. The molecule has 0 radical (unpaired) electrons. The smallest absolute Gasteiger partial charge is 0.309 e. The van der Waals surface area contributed by atoms with E-state index in [4.69, 9.17) is 10.2 Å². The predicted molar refractivity (Wildman–Crippen MR) is 69.0 cm³/mol. The highest BCUT2D eigenvalue weighted by atomic mass is 16.4. The number of carboxylic acids is 2. The van der Waals surface area contributed by atoms with E-state index in [1.54, 1.807) is 0 Å². The summed E-state index contributed by atoms with van der Waals surface area (Å²) >= 11 is 0. The van der Waals surface area contributed by atoms with Crippen LogP contribution >= 0.6 is 0 Å². The van der Waals surface area contributed by atoms with Crippen molar-refractivity contribution < 1.29 is 24.6 Å². The molecule has 0 aromatic carbocycles.